The molecule has 2 aromatic heterocycles. The third kappa shape index (κ3) is 3.91. The van der Waals surface area contributed by atoms with Crippen molar-refractivity contribution >= 4 is 28.9 Å². The van der Waals surface area contributed by atoms with Crippen LogP contribution in [-0.2, 0) is 13.1 Å². The molecular weight excluding hydrogens is 324 g/mol. The molecule has 24 heavy (non-hydrogen) atoms. The Morgan fingerprint density at radius 1 is 0.958 bits per heavy atom. The van der Waals surface area contributed by atoms with Crippen LogP contribution >= 0.6 is 11.6 Å². The van der Waals surface area contributed by atoms with Gasteiger partial charge in [0.25, 0.3) is 0 Å². The van der Waals surface area contributed by atoms with Gasteiger partial charge >= 0.3 is 0 Å². The number of aromatic nitrogens is 3. The molecule has 7 heteroatoms. The van der Waals surface area contributed by atoms with Crippen LogP contribution in [0.2, 0.25) is 5.02 Å². The molecule has 2 heterocycles. The average Bonchev–Trinajstić information content (AvgIpc) is 2.62. The van der Waals surface area contributed by atoms with E-state index in [0.717, 1.165) is 11.1 Å². The third-order valence-electron chi connectivity index (χ3n) is 3.47. The highest BCUT2D eigenvalue weighted by molar-refractivity contribution is 6.31. The smallest absolute Gasteiger partial charge is 0.155 e. The Bertz CT molecular complexity index is 809. The first kappa shape index (κ1) is 16.0. The second-order valence-electron chi connectivity index (χ2n) is 5.14. The molecule has 3 rings (SSSR count). The lowest BCUT2D eigenvalue weighted by Crippen LogP contribution is -2.10. The van der Waals surface area contributed by atoms with Gasteiger partial charge in [-0.15, -0.1) is 0 Å². The highest BCUT2D eigenvalue weighted by Crippen LogP contribution is 2.24. The predicted octanol–water partition coefficient (Wildman–Crippen LogP) is 3.33. The SMILES string of the molecule is Nc1c(NCc2cccnc2)ncnc1NCc1ccccc1Cl. The first-order valence-electron chi connectivity index (χ1n) is 7.44. The van der Waals surface area contributed by atoms with Crippen molar-refractivity contribution in [2.45, 2.75) is 13.1 Å². The van der Waals surface area contributed by atoms with Crippen LogP contribution in [0.4, 0.5) is 17.3 Å². The third-order valence-corrected chi connectivity index (χ3v) is 3.84. The van der Waals surface area contributed by atoms with E-state index in [1.807, 2.05) is 36.4 Å². The van der Waals surface area contributed by atoms with Gasteiger partial charge in [-0.25, -0.2) is 9.97 Å². The van der Waals surface area contributed by atoms with Crippen molar-refractivity contribution in [3.8, 4) is 0 Å². The fraction of sp³-hybridized carbons (Fsp3) is 0.118. The van der Waals surface area contributed by atoms with E-state index in [-0.39, 0.29) is 0 Å². The molecule has 6 nitrogen and oxygen atoms in total. The first-order valence-corrected chi connectivity index (χ1v) is 7.82. The van der Waals surface area contributed by atoms with Crippen molar-refractivity contribution in [1.29, 1.82) is 0 Å². The van der Waals surface area contributed by atoms with E-state index >= 15 is 0 Å². The molecule has 0 radical (unpaired) electrons. The Labute approximate surface area is 145 Å². The van der Waals surface area contributed by atoms with E-state index in [1.54, 1.807) is 12.4 Å². The monoisotopic (exact) mass is 340 g/mol. The van der Waals surface area contributed by atoms with Gasteiger partial charge in [-0.3, -0.25) is 4.98 Å². The van der Waals surface area contributed by atoms with Crippen molar-refractivity contribution in [1.82, 2.24) is 15.0 Å². The van der Waals surface area contributed by atoms with Crippen molar-refractivity contribution in [2.75, 3.05) is 16.4 Å². The lowest BCUT2D eigenvalue weighted by Gasteiger charge is -2.13. The van der Waals surface area contributed by atoms with Crippen LogP contribution in [-0.4, -0.2) is 15.0 Å². The molecule has 0 amide bonds. The molecule has 0 saturated heterocycles. The fourth-order valence-electron chi connectivity index (χ4n) is 2.19. The Hall–Kier alpha value is -2.86. The quantitative estimate of drug-likeness (QED) is 0.638. The van der Waals surface area contributed by atoms with Gasteiger partial charge < -0.3 is 16.4 Å². The van der Waals surface area contributed by atoms with Gasteiger partial charge in [0.15, 0.2) is 11.6 Å². The summed E-state index contributed by atoms with van der Waals surface area (Å²) < 4.78 is 0. The number of nitrogen functional groups attached to an aromatic ring is 1. The molecule has 0 fully saturated rings. The number of hydrogen-bond acceptors (Lipinski definition) is 6. The number of anilines is 3. The van der Waals surface area contributed by atoms with Crippen LogP contribution < -0.4 is 16.4 Å². The molecule has 0 aliphatic heterocycles. The molecule has 0 atom stereocenters. The van der Waals surface area contributed by atoms with Crippen LogP contribution in [0.15, 0.2) is 55.1 Å². The normalized spacial score (nSPS) is 10.4. The molecule has 3 aromatic rings. The second kappa shape index (κ2) is 7.61. The molecule has 0 aliphatic carbocycles. The highest BCUT2D eigenvalue weighted by atomic mass is 35.5. The van der Waals surface area contributed by atoms with E-state index in [0.29, 0.717) is 35.4 Å². The van der Waals surface area contributed by atoms with Gasteiger partial charge in [0, 0.05) is 30.5 Å². The van der Waals surface area contributed by atoms with Gasteiger partial charge in [-0.1, -0.05) is 35.9 Å². The number of benzene rings is 1. The molecule has 0 unspecified atom stereocenters. The summed E-state index contributed by atoms with van der Waals surface area (Å²) in [5.41, 5.74) is 8.63. The lowest BCUT2D eigenvalue weighted by molar-refractivity contribution is 1.05. The zero-order valence-corrected chi connectivity index (χ0v) is 13.7. The maximum absolute atomic E-state index is 6.16. The summed E-state index contributed by atoms with van der Waals surface area (Å²) >= 11 is 6.16. The van der Waals surface area contributed by atoms with Gasteiger partial charge in [-0.2, -0.15) is 0 Å². The van der Waals surface area contributed by atoms with Crippen LogP contribution in [0, 0.1) is 0 Å². The van der Waals surface area contributed by atoms with Crippen molar-refractivity contribution in [2.24, 2.45) is 0 Å². The maximum atomic E-state index is 6.16. The molecule has 0 bridgehead atoms. The summed E-state index contributed by atoms with van der Waals surface area (Å²) in [7, 11) is 0. The first-order chi connectivity index (χ1) is 11.7. The molecule has 4 N–H and O–H groups in total. The molecule has 1 aromatic carbocycles. The maximum Gasteiger partial charge on any atom is 0.155 e. The Kier molecular flexibility index (Phi) is 5.08. The molecule has 0 spiro atoms. The number of nitrogens with two attached hydrogens (primary N) is 1. The highest BCUT2D eigenvalue weighted by Gasteiger charge is 2.08. The summed E-state index contributed by atoms with van der Waals surface area (Å²) in [6.07, 6.45) is 5.00. The largest absolute Gasteiger partial charge is 0.393 e. The van der Waals surface area contributed by atoms with Crippen LogP contribution in [0.25, 0.3) is 0 Å². The molecule has 0 saturated carbocycles. The van der Waals surface area contributed by atoms with Crippen LogP contribution in [0.5, 0.6) is 0 Å². The summed E-state index contributed by atoms with van der Waals surface area (Å²) in [6, 6.07) is 11.5. The van der Waals surface area contributed by atoms with Crippen molar-refractivity contribution in [3.05, 3.63) is 71.3 Å². The number of nitrogens with zero attached hydrogens (tertiary/aromatic N) is 3. The molecule has 0 aliphatic rings. The van der Waals surface area contributed by atoms with E-state index in [9.17, 15) is 0 Å². The summed E-state index contributed by atoms with van der Waals surface area (Å²) in [4.78, 5) is 12.5. The number of hydrogen-bond donors (Lipinski definition) is 3. The minimum atomic E-state index is 0.466. The number of pyridine rings is 1. The van der Waals surface area contributed by atoms with Gasteiger partial charge in [0.2, 0.25) is 0 Å². The summed E-state index contributed by atoms with van der Waals surface area (Å²) in [6.45, 7) is 1.11. The minimum absolute atomic E-state index is 0.466. The van der Waals surface area contributed by atoms with Crippen LogP contribution in [0.3, 0.4) is 0 Å². The van der Waals surface area contributed by atoms with E-state index in [4.69, 9.17) is 17.3 Å². The zero-order valence-electron chi connectivity index (χ0n) is 12.9. The predicted molar refractivity (Wildman–Crippen MR) is 96.8 cm³/mol. The second-order valence-corrected chi connectivity index (χ2v) is 5.55. The van der Waals surface area contributed by atoms with Crippen molar-refractivity contribution in [3.63, 3.8) is 0 Å². The van der Waals surface area contributed by atoms with Gasteiger partial charge in [0.1, 0.15) is 12.0 Å². The standard InChI is InChI=1S/C17H17ClN6/c18-14-6-2-1-5-13(14)10-22-17-15(19)16(23-11-24-17)21-9-12-4-3-7-20-8-12/h1-8,11H,9-10,19H2,(H2,21,22,23,24). The minimum Gasteiger partial charge on any atom is -0.393 e. The number of rotatable bonds is 6. The lowest BCUT2D eigenvalue weighted by atomic mass is 10.2. The Morgan fingerprint density at radius 3 is 2.42 bits per heavy atom. The van der Waals surface area contributed by atoms with E-state index in [1.165, 1.54) is 6.33 Å². The van der Waals surface area contributed by atoms with Gasteiger partial charge in [0.05, 0.1) is 0 Å². The molecule has 122 valence electrons. The molecular formula is C17H17ClN6. The fourth-order valence-corrected chi connectivity index (χ4v) is 2.39. The Morgan fingerprint density at radius 2 is 1.71 bits per heavy atom. The van der Waals surface area contributed by atoms with Gasteiger partial charge in [-0.05, 0) is 23.3 Å². The van der Waals surface area contributed by atoms with E-state index < -0.39 is 0 Å². The number of nitrogens with one attached hydrogen (secondary N) is 2. The average molecular weight is 341 g/mol. The van der Waals surface area contributed by atoms with E-state index in [2.05, 4.69) is 25.6 Å². The Balaban J connectivity index is 1.68. The number of halogens is 1. The topological polar surface area (TPSA) is 88.8 Å². The summed E-state index contributed by atoms with van der Waals surface area (Å²) in [5, 5.41) is 7.09. The van der Waals surface area contributed by atoms with Crippen LogP contribution in [0.1, 0.15) is 11.1 Å². The zero-order chi connectivity index (χ0) is 16.8. The summed E-state index contributed by atoms with van der Waals surface area (Å²) in [5.74, 6) is 1.15. The van der Waals surface area contributed by atoms with Crippen molar-refractivity contribution < 1.29 is 0 Å².